The number of nitrogens with zero attached hydrogens (tertiary/aromatic N) is 2. The average molecular weight is 203 g/mol. The molecule has 0 N–H and O–H groups in total. The SMILES string of the molecule is Cc1ccc2ncc(C(=O)[O-])c(=O)n2c1. The van der Waals surface area contributed by atoms with Crippen LogP contribution in [0.3, 0.4) is 0 Å². The van der Waals surface area contributed by atoms with E-state index in [1.54, 1.807) is 19.1 Å². The maximum atomic E-state index is 11.6. The van der Waals surface area contributed by atoms with Gasteiger partial charge in [0.1, 0.15) is 5.65 Å². The monoisotopic (exact) mass is 203 g/mol. The molecule has 0 atom stereocenters. The number of hydrogen-bond donors (Lipinski definition) is 0. The Balaban J connectivity index is 2.89. The number of fused-ring (bicyclic) bond motifs is 1. The minimum absolute atomic E-state index is 0.413. The lowest BCUT2D eigenvalue weighted by Crippen LogP contribution is -2.32. The van der Waals surface area contributed by atoms with E-state index in [2.05, 4.69) is 4.98 Å². The molecule has 0 saturated carbocycles. The largest absolute Gasteiger partial charge is 0.545 e. The summed E-state index contributed by atoms with van der Waals surface area (Å²) in [5, 5.41) is 10.6. The summed E-state index contributed by atoms with van der Waals surface area (Å²) in [5.74, 6) is -1.51. The van der Waals surface area contributed by atoms with Crippen molar-refractivity contribution in [2.45, 2.75) is 6.92 Å². The molecule has 0 spiro atoms. The second kappa shape index (κ2) is 3.20. The summed E-state index contributed by atoms with van der Waals surface area (Å²) < 4.78 is 1.19. The number of aromatic nitrogens is 2. The number of rotatable bonds is 1. The van der Waals surface area contributed by atoms with E-state index in [-0.39, 0.29) is 0 Å². The summed E-state index contributed by atoms with van der Waals surface area (Å²) in [6, 6.07) is 3.44. The van der Waals surface area contributed by atoms with Gasteiger partial charge in [-0.25, -0.2) is 4.98 Å². The van der Waals surface area contributed by atoms with Crippen LogP contribution in [0, 0.1) is 6.92 Å². The van der Waals surface area contributed by atoms with Gasteiger partial charge in [-0.2, -0.15) is 0 Å². The Bertz CT molecular complexity index is 601. The van der Waals surface area contributed by atoms with Crippen LogP contribution in [0.2, 0.25) is 0 Å². The Morgan fingerprint density at radius 1 is 1.47 bits per heavy atom. The Labute approximate surface area is 84.6 Å². The Morgan fingerprint density at radius 3 is 2.87 bits per heavy atom. The van der Waals surface area contributed by atoms with E-state index in [1.165, 1.54) is 10.6 Å². The van der Waals surface area contributed by atoms with Crippen LogP contribution in [-0.2, 0) is 0 Å². The van der Waals surface area contributed by atoms with Crippen molar-refractivity contribution in [3.05, 3.63) is 46.0 Å². The molecule has 5 heteroatoms. The normalized spacial score (nSPS) is 10.5. The fraction of sp³-hybridized carbons (Fsp3) is 0.100. The van der Waals surface area contributed by atoms with Gasteiger partial charge in [0.05, 0.1) is 11.5 Å². The van der Waals surface area contributed by atoms with Crippen molar-refractivity contribution >= 4 is 11.6 Å². The van der Waals surface area contributed by atoms with E-state index in [0.717, 1.165) is 11.8 Å². The molecule has 0 fully saturated rings. The highest BCUT2D eigenvalue weighted by Gasteiger charge is 2.04. The molecule has 0 aliphatic rings. The van der Waals surface area contributed by atoms with Gasteiger partial charge in [-0.05, 0) is 18.6 Å². The molecule has 0 bridgehead atoms. The van der Waals surface area contributed by atoms with Gasteiger partial charge in [-0.15, -0.1) is 0 Å². The van der Waals surface area contributed by atoms with Crippen LogP contribution >= 0.6 is 0 Å². The van der Waals surface area contributed by atoms with E-state index >= 15 is 0 Å². The molecule has 2 aromatic rings. The zero-order valence-corrected chi connectivity index (χ0v) is 7.93. The summed E-state index contributed by atoms with van der Waals surface area (Å²) in [5.41, 5.74) is 0.208. The highest BCUT2D eigenvalue weighted by atomic mass is 16.4. The summed E-state index contributed by atoms with van der Waals surface area (Å²) in [7, 11) is 0. The zero-order valence-electron chi connectivity index (χ0n) is 7.93. The number of pyridine rings is 1. The highest BCUT2D eigenvalue weighted by Crippen LogP contribution is 2.00. The van der Waals surface area contributed by atoms with E-state index in [1.807, 2.05) is 0 Å². The smallest absolute Gasteiger partial charge is 0.266 e. The Morgan fingerprint density at radius 2 is 2.20 bits per heavy atom. The molecule has 0 saturated heterocycles. The van der Waals surface area contributed by atoms with E-state index < -0.39 is 17.1 Å². The van der Waals surface area contributed by atoms with Crippen LogP contribution in [0.4, 0.5) is 0 Å². The van der Waals surface area contributed by atoms with Gasteiger partial charge in [0.25, 0.3) is 5.56 Å². The number of aromatic carboxylic acids is 1. The second-order valence-electron chi connectivity index (χ2n) is 3.20. The summed E-state index contributed by atoms with van der Waals surface area (Å²) >= 11 is 0. The van der Waals surface area contributed by atoms with Crippen molar-refractivity contribution in [2.24, 2.45) is 0 Å². The number of aryl methyl sites for hydroxylation is 1. The standard InChI is InChI=1S/C10H8N2O3/c1-6-2-3-8-11-4-7(10(14)15)9(13)12(8)5-6/h2-5H,1H3,(H,14,15)/p-1. The van der Waals surface area contributed by atoms with Crippen molar-refractivity contribution in [1.29, 1.82) is 0 Å². The molecule has 5 nitrogen and oxygen atoms in total. The van der Waals surface area contributed by atoms with Crippen molar-refractivity contribution in [3.63, 3.8) is 0 Å². The van der Waals surface area contributed by atoms with Gasteiger partial charge in [0, 0.05) is 12.4 Å². The predicted molar refractivity (Wildman–Crippen MR) is 50.5 cm³/mol. The van der Waals surface area contributed by atoms with Crippen molar-refractivity contribution in [1.82, 2.24) is 9.38 Å². The first-order valence-electron chi connectivity index (χ1n) is 4.29. The van der Waals surface area contributed by atoms with Crippen LogP contribution in [0.5, 0.6) is 0 Å². The van der Waals surface area contributed by atoms with E-state index in [0.29, 0.717) is 5.65 Å². The van der Waals surface area contributed by atoms with Gasteiger partial charge < -0.3 is 9.90 Å². The van der Waals surface area contributed by atoms with Crippen LogP contribution in [-0.4, -0.2) is 15.4 Å². The molecule has 0 radical (unpaired) electrons. The molecule has 2 aromatic heterocycles. The fourth-order valence-electron chi connectivity index (χ4n) is 1.32. The number of carboxylic acid groups (broad SMARTS) is 1. The molecule has 2 rings (SSSR count). The number of hydrogen-bond acceptors (Lipinski definition) is 4. The molecular formula is C10H7N2O3-. The molecule has 76 valence electrons. The van der Waals surface area contributed by atoms with E-state index in [9.17, 15) is 14.7 Å². The quantitative estimate of drug-likeness (QED) is 0.618. The van der Waals surface area contributed by atoms with Gasteiger partial charge in [0.15, 0.2) is 0 Å². The Hall–Kier alpha value is -2.17. The first-order chi connectivity index (χ1) is 7.09. The Kier molecular flexibility index (Phi) is 2.00. The first-order valence-corrected chi connectivity index (χ1v) is 4.29. The van der Waals surface area contributed by atoms with Crippen LogP contribution in [0.1, 0.15) is 15.9 Å². The lowest BCUT2D eigenvalue weighted by Gasteiger charge is -2.04. The van der Waals surface area contributed by atoms with Crippen molar-refractivity contribution < 1.29 is 9.90 Å². The molecule has 15 heavy (non-hydrogen) atoms. The van der Waals surface area contributed by atoms with Crippen LogP contribution < -0.4 is 10.7 Å². The summed E-state index contributed by atoms with van der Waals surface area (Å²) in [6.07, 6.45) is 2.55. The molecular weight excluding hydrogens is 196 g/mol. The maximum absolute atomic E-state index is 11.6. The lowest BCUT2D eigenvalue weighted by molar-refractivity contribution is -0.255. The molecule has 0 aromatic carbocycles. The second-order valence-corrected chi connectivity index (χ2v) is 3.20. The van der Waals surface area contributed by atoms with Crippen LogP contribution in [0.25, 0.3) is 5.65 Å². The molecule has 2 heterocycles. The number of carboxylic acids is 1. The maximum Gasteiger partial charge on any atom is 0.266 e. The highest BCUT2D eigenvalue weighted by molar-refractivity contribution is 5.85. The molecule has 0 amide bonds. The van der Waals surface area contributed by atoms with Crippen molar-refractivity contribution in [3.8, 4) is 0 Å². The lowest BCUT2D eigenvalue weighted by atomic mass is 10.3. The van der Waals surface area contributed by atoms with Crippen LogP contribution in [0.15, 0.2) is 29.3 Å². The number of carbonyl (C=O) groups excluding carboxylic acids is 1. The summed E-state index contributed by atoms with van der Waals surface area (Å²) in [6.45, 7) is 1.80. The number of carbonyl (C=O) groups is 1. The molecule has 0 aliphatic heterocycles. The minimum Gasteiger partial charge on any atom is -0.545 e. The predicted octanol–water partition coefficient (Wildman–Crippen LogP) is -0.634. The topological polar surface area (TPSA) is 74.5 Å². The van der Waals surface area contributed by atoms with Gasteiger partial charge >= 0.3 is 0 Å². The fourth-order valence-corrected chi connectivity index (χ4v) is 1.32. The third-order valence-electron chi connectivity index (χ3n) is 2.07. The van der Waals surface area contributed by atoms with E-state index in [4.69, 9.17) is 0 Å². The third kappa shape index (κ3) is 1.48. The van der Waals surface area contributed by atoms with Crippen molar-refractivity contribution in [2.75, 3.05) is 0 Å². The molecule has 0 aliphatic carbocycles. The third-order valence-corrected chi connectivity index (χ3v) is 2.07. The van der Waals surface area contributed by atoms with Gasteiger partial charge in [0.2, 0.25) is 0 Å². The van der Waals surface area contributed by atoms with Gasteiger partial charge in [-0.3, -0.25) is 9.20 Å². The minimum atomic E-state index is -1.51. The average Bonchev–Trinajstić information content (AvgIpc) is 2.19. The zero-order chi connectivity index (χ0) is 11.0. The first kappa shape index (κ1) is 9.39. The van der Waals surface area contributed by atoms with Gasteiger partial charge in [-0.1, -0.05) is 6.07 Å². The summed E-state index contributed by atoms with van der Waals surface area (Å²) in [4.78, 5) is 26.1. The molecule has 0 unspecified atom stereocenters.